The number of para-hydroxylation sites is 1. The molecule has 0 radical (unpaired) electrons. The molecule has 0 saturated carbocycles. The Morgan fingerprint density at radius 3 is 3.00 bits per heavy atom. The van der Waals surface area contributed by atoms with Crippen LogP contribution >= 0.6 is 0 Å². The van der Waals surface area contributed by atoms with Crippen LogP contribution in [0.2, 0.25) is 0 Å². The van der Waals surface area contributed by atoms with E-state index in [1.54, 1.807) is 0 Å². The van der Waals surface area contributed by atoms with Crippen LogP contribution in [0.4, 0.5) is 0 Å². The molecule has 4 nitrogen and oxygen atoms in total. The Morgan fingerprint density at radius 2 is 2.21 bits per heavy atom. The summed E-state index contributed by atoms with van der Waals surface area (Å²) in [6, 6.07) is 7.94. The third kappa shape index (κ3) is 2.66. The maximum absolute atomic E-state index is 5.81. The lowest BCUT2D eigenvalue weighted by Crippen LogP contribution is -2.14. The van der Waals surface area contributed by atoms with E-state index >= 15 is 0 Å². The molecule has 1 aromatic heterocycles. The SMILES string of the molecule is NCc1c(COCC2CCCO2)oc2ccccc12. The lowest BCUT2D eigenvalue weighted by Gasteiger charge is -2.09. The van der Waals surface area contributed by atoms with Gasteiger partial charge < -0.3 is 19.6 Å². The van der Waals surface area contributed by atoms with Crippen molar-refractivity contribution in [3.63, 3.8) is 0 Å². The molecule has 0 amide bonds. The molecule has 0 aliphatic carbocycles. The lowest BCUT2D eigenvalue weighted by atomic mass is 10.1. The standard InChI is InChI=1S/C15H19NO3/c16-8-13-12-5-1-2-6-14(12)19-15(13)10-17-9-11-4-3-7-18-11/h1-2,5-6,11H,3-4,7-10,16H2. The van der Waals surface area contributed by atoms with E-state index < -0.39 is 0 Å². The summed E-state index contributed by atoms with van der Waals surface area (Å²) in [7, 11) is 0. The molecule has 2 aromatic rings. The number of ether oxygens (including phenoxy) is 2. The number of hydrogen-bond donors (Lipinski definition) is 1. The smallest absolute Gasteiger partial charge is 0.135 e. The van der Waals surface area contributed by atoms with Crippen molar-refractivity contribution in [1.82, 2.24) is 0 Å². The van der Waals surface area contributed by atoms with Crippen molar-refractivity contribution < 1.29 is 13.9 Å². The van der Waals surface area contributed by atoms with Crippen LogP contribution in [0.25, 0.3) is 11.0 Å². The van der Waals surface area contributed by atoms with Crippen molar-refractivity contribution in [2.24, 2.45) is 5.73 Å². The summed E-state index contributed by atoms with van der Waals surface area (Å²) in [5.41, 5.74) is 7.73. The monoisotopic (exact) mass is 261 g/mol. The summed E-state index contributed by atoms with van der Waals surface area (Å²) >= 11 is 0. The first-order valence-electron chi connectivity index (χ1n) is 6.77. The molecule has 0 spiro atoms. The van der Waals surface area contributed by atoms with Crippen LogP contribution in [0.5, 0.6) is 0 Å². The largest absolute Gasteiger partial charge is 0.458 e. The Balaban J connectivity index is 1.69. The number of hydrogen-bond acceptors (Lipinski definition) is 4. The Labute approximate surface area is 112 Å². The highest BCUT2D eigenvalue weighted by Crippen LogP contribution is 2.26. The zero-order valence-electron chi connectivity index (χ0n) is 10.9. The molecule has 1 aromatic carbocycles. The molecular weight excluding hydrogens is 242 g/mol. The first-order chi connectivity index (χ1) is 9.38. The molecule has 19 heavy (non-hydrogen) atoms. The van der Waals surface area contributed by atoms with E-state index in [2.05, 4.69) is 0 Å². The van der Waals surface area contributed by atoms with E-state index in [0.29, 0.717) is 19.8 Å². The summed E-state index contributed by atoms with van der Waals surface area (Å²) in [6.07, 6.45) is 2.46. The van der Waals surface area contributed by atoms with Gasteiger partial charge in [-0.3, -0.25) is 0 Å². The molecule has 0 bridgehead atoms. The Morgan fingerprint density at radius 1 is 1.32 bits per heavy atom. The fourth-order valence-corrected chi connectivity index (χ4v) is 2.55. The number of furan rings is 1. The fraction of sp³-hybridized carbons (Fsp3) is 0.467. The third-order valence-electron chi connectivity index (χ3n) is 3.55. The second-order valence-corrected chi connectivity index (χ2v) is 4.85. The fourth-order valence-electron chi connectivity index (χ4n) is 2.55. The second-order valence-electron chi connectivity index (χ2n) is 4.85. The van der Waals surface area contributed by atoms with Gasteiger partial charge in [0.25, 0.3) is 0 Å². The minimum Gasteiger partial charge on any atom is -0.458 e. The van der Waals surface area contributed by atoms with E-state index in [4.69, 9.17) is 19.6 Å². The van der Waals surface area contributed by atoms with Gasteiger partial charge in [0.2, 0.25) is 0 Å². The van der Waals surface area contributed by atoms with Crippen LogP contribution in [0.1, 0.15) is 24.2 Å². The minimum atomic E-state index is 0.241. The van der Waals surface area contributed by atoms with Crippen LogP contribution in [0, 0.1) is 0 Å². The van der Waals surface area contributed by atoms with Gasteiger partial charge in [-0.05, 0) is 18.9 Å². The average molecular weight is 261 g/mol. The Hall–Kier alpha value is -1.36. The Bertz CT molecular complexity index is 543. The summed E-state index contributed by atoms with van der Waals surface area (Å²) in [5.74, 6) is 0.835. The van der Waals surface area contributed by atoms with E-state index in [9.17, 15) is 0 Å². The van der Waals surface area contributed by atoms with Crippen LogP contribution in [0.15, 0.2) is 28.7 Å². The van der Waals surface area contributed by atoms with Crippen molar-refractivity contribution >= 4 is 11.0 Å². The molecule has 102 valence electrons. The lowest BCUT2D eigenvalue weighted by molar-refractivity contribution is 0.00590. The minimum absolute atomic E-state index is 0.241. The topological polar surface area (TPSA) is 57.6 Å². The van der Waals surface area contributed by atoms with Crippen LogP contribution in [0.3, 0.4) is 0 Å². The van der Waals surface area contributed by atoms with E-state index in [0.717, 1.165) is 41.7 Å². The van der Waals surface area contributed by atoms with Gasteiger partial charge in [0, 0.05) is 24.1 Å². The molecular formula is C15H19NO3. The Kier molecular flexibility index (Phi) is 3.82. The average Bonchev–Trinajstić information content (AvgIpc) is 3.05. The normalized spacial score (nSPS) is 19.3. The number of fused-ring (bicyclic) bond motifs is 1. The molecule has 1 atom stereocenters. The van der Waals surface area contributed by atoms with E-state index in [1.807, 2.05) is 24.3 Å². The molecule has 3 rings (SSSR count). The highest BCUT2D eigenvalue weighted by atomic mass is 16.5. The third-order valence-corrected chi connectivity index (χ3v) is 3.55. The van der Waals surface area contributed by atoms with E-state index in [-0.39, 0.29) is 6.10 Å². The molecule has 1 unspecified atom stereocenters. The van der Waals surface area contributed by atoms with Crippen molar-refractivity contribution in [3.05, 3.63) is 35.6 Å². The molecule has 4 heteroatoms. The van der Waals surface area contributed by atoms with Crippen molar-refractivity contribution in [2.75, 3.05) is 13.2 Å². The van der Waals surface area contributed by atoms with Crippen LogP contribution in [-0.4, -0.2) is 19.3 Å². The first-order valence-corrected chi connectivity index (χ1v) is 6.77. The molecule has 1 aliphatic rings. The maximum Gasteiger partial charge on any atom is 0.135 e. The van der Waals surface area contributed by atoms with Gasteiger partial charge in [0.05, 0.1) is 12.7 Å². The predicted octanol–water partition coefficient (Wildman–Crippen LogP) is 2.59. The molecule has 2 N–H and O–H groups in total. The highest BCUT2D eigenvalue weighted by Gasteiger charge is 2.17. The quantitative estimate of drug-likeness (QED) is 0.898. The maximum atomic E-state index is 5.81. The van der Waals surface area contributed by atoms with Crippen LogP contribution in [-0.2, 0) is 22.6 Å². The first kappa shape index (κ1) is 12.7. The number of benzene rings is 1. The van der Waals surface area contributed by atoms with E-state index in [1.165, 1.54) is 0 Å². The number of rotatable bonds is 5. The zero-order valence-corrected chi connectivity index (χ0v) is 10.9. The van der Waals surface area contributed by atoms with Gasteiger partial charge in [-0.25, -0.2) is 0 Å². The van der Waals surface area contributed by atoms with Crippen molar-refractivity contribution in [3.8, 4) is 0 Å². The van der Waals surface area contributed by atoms with Gasteiger partial charge in [-0.15, -0.1) is 0 Å². The van der Waals surface area contributed by atoms with Crippen molar-refractivity contribution in [2.45, 2.75) is 32.1 Å². The van der Waals surface area contributed by atoms with Gasteiger partial charge in [0.15, 0.2) is 0 Å². The second kappa shape index (κ2) is 5.74. The zero-order chi connectivity index (χ0) is 13.1. The molecule has 1 saturated heterocycles. The summed E-state index contributed by atoms with van der Waals surface area (Å²) in [6.45, 7) is 2.41. The number of nitrogens with two attached hydrogens (primary N) is 1. The van der Waals surface area contributed by atoms with Gasteiger partial charge in [-0.1, -0.05) is 18.2 Å². The van der Waals surface area contributed by atoms with Gasteiger partial charge in [-0.2, -0.15) is 0 Å². The molecule has 1 fully saturated rings. The highest BCUT2D eigenvalue weighted by molar-refractivity contribution is 5.82. The van der Waals surface area contributed by atoms with Gasteiger partial charge in [0.1, 0.15) is 18.0 Å². The van der Waals surface area contributed by atoms with Crippen molar-refractivity contribution in [1.29, 1.82) is 0 Å². The van der Waals surface area contributed by atoms with Crippen LogP contribution < -0.4 is 5.73 Å². The molecule has 1 aliphatic heterocycles. The predicted molar refractivity (Wildman–Crippen MR) is 72.7 cm³/mol. The van der Waals surface area contributed by atoms with Gasteiger partial charge >= 0.3 is 0 Å². The summed E-state index contributed by atoms with van der Waals surface area (Å²) in [5, 5.41) is 1.08. The molecule has 2 heterocycles. The summed E-state index contributed by atoms with van der Waals surface area (Å²) in [4.78, 5) is 0. The summed E-state index contributed by atoms with van der Waals surface area (Å²) < 4.78 is 17.0.